The van der Waals surface area contributed by atoms with Gasteiger partial charge in [0, 0.05) is 24.4 Å². The normalized spacial score (nSPS) is 10.6. The third kappa shape index (κ3) is 5.67. The van der Waals surface area contributed by atoms with Gasteiger partial charge < -0.3 is 9.47 Å². The van der Waals surface area contributed by atoms with Crippen LogP contribution in [0.3, 0.4) is 0 Å². The molecule has 0 fully saturated rings. The lowest BCUT2D eigenvalue weighted by molar-refractivity contribution is -0.394. The fourth-order valence-electron chi connectivity index (χ4n) is 3.02. The van der Waals surface area contributed by atoms with Crippen LogP contribution in [0.25, 0.3) is 0 Å². The van der Waals surface area contributed by atoms with Gasteiger partial charge in [-0.1, -0.05) is 12.1 Å². The number of hydrogen-bond acceptors (Lipinski definition) is 10. The first-order valence-electron chi connectivity index (χ1n) is 9.71. The van der Waals surface area contributed by atoms with Crippen molar-refractivity contribution in [1.29, 1.82) is 5.26 Å². The molecule has 1 heterocycles. The van der Waals surface area contributed by atoms with Gasteiger partial charge in [0.25, 0.3) is 5.69 Å². The number of nitriles is 1. The summed E-state index contributed by atoms with van der Waals surface area (Å²) in [5, 5.41) is 35.8. The second kappa shape index (κ2) is 10.6. The van der Waals surface area contributed by atoms with Crippen LogP contribution < -0.4 is 10.2 Å². The molecule has 0 radical (unpaired) electrons. The Kier molecular flexibility index (Phi) is 7.42. The number of rotatable bonds is 9. The maximum absolute atomic E-state index is 11.3. The number of benzene rings is 2. The van der Waals surface area contributed by atoms with Crippen LogP contribution in [0.1, 0.15) is 22.4 Å². The summed E-state index contributed by atoms with van der Waals surface area (Å²) >= 11 is 0. The third-order valence-corrected chi connectivity index (χ3v) is 4.46. The lowest BCUT2D eigenvalue weighted by Gasteiger charge is -2.09. The van der Waals surface area contributed by atoms with Gasteiger partial charge in [-0.2, -0.15) is 10.4 Å². The first-order chi connectivity index (χ1) is 16.3. The smallest absolute Gasteiger partial charge is 0.318 e. The van der Waals surface area contributed by atoms with E-state index in [9.17, 15) is 25.5 Å². The summed E-state index contributed by atoms with van der Waals surface area (Å²) < 4.78 is 10.7. The molecule has 12 nitrogen and oxygen atoms in total. The van der Waals surface area contributed by atoms with E-state index in [2.05, 4.69) is 21.6 Å². The van der Waals surface area contributed by atoms with Gasteiger partial charge in [0.2, 0.25) is 5.75 Å². The molecule has 3 rings (SSSR count). The molecule has 0 saturated heterocycles. The van der Waals surface area contributed by atoms with Crippen LogP contribution in [-0.4, -0.2) is 28.2 Å². The summed E-state index contributed by atoms with van der Waals surface area (Å²) in [4.78, 5) is 25.0. The van der Waals surface area contributed by atoms with Crippen LogP contribution in [0.5, 0.6) is 11.5 Å². The van der Waals surface area contributed by atoms with Crippen molar-refractivity contribution in [3.8, 4) is 17.6 Å². The number of methoxy groups -OCH3 is 1. The molecule has 0 spiro atoms. The van der Waals surface area contributed by atoms with Crippen LogP contribution in [-0.2, 0) is 11.3 Å². The van der Waals surface area contributed by atoms with Gasteiger partial charge >= 0.3 is 5.69 Å². The molecular formula is C22H18N6O6. The van der Waals surface area contributed by atoms with Crippen molar-refractivity contribution in [3.63, 3.8) is 0 Å². The van der Waals surface area contributed by atoms with E-state index in [1.165, 1.54) is 19.4 Å². The average molecular weight is 462 g/mol. The second-order valence-corrected chi connectivity index (χ2v) is 6.90. The van der Waals surface area contributed by atoms with E-state index in [1.54, 1.807) is 37.3 Å². The van der Waals surface area contributed by atoms with Crippen LogP contribution >= 0.6 is 0 Å². The maximum atomic E-state index is 11.3. The van der Waals surface area contributed by atoms with Crippen LogP contribution in [0.4, 0.5) is 17.2 Å². The van der Waals surface area contributed by atoms with E-state index in [4.69, 9.17) is 9.47 Å². The number of non-ortho nitro benzene ring substituents is 1. The Hall–Kier alpha value is -4.89. The van der Waals surface area contributed by atoms with Crippen LogP contribution in [0.15, 0.2) is 53.6 Å². The highest BCUT2D eigenvalue weighted by atomic mass is 16.6. The molecule has 0 bridgehead atoms. The fourth-order valence-corrected chi connectivity index (χ4v) is 3.02. The molecule has 0 atom stereocenters. The minimum atomic E-state index is -0.753. The van der Waals surface area contributed by atoms with Gasteiger partial charge in [0.15, 0.2) is 5.82 Å². The summed E-state index contributed by atoms with van der Waals surface area (Å²) in [7, 11) is 1.53. The van der Waals surface area contributed by atoms with Crippen molar-refractivity contribution < 1.29 is 19.3 Å². The molecule has 3 aromatic rings. The SMILES string of the molecule is COCc1cc(C)nc(N/N=C/c2cccc(Oc3ccc([N+](=O)[O-])cc3[N+](=O)[O-])c2)c1C#N. The van der Waals surface area contributed by atoms with Gasteiger partial charge in [-0.25, -0.2) is 4.98 Å². The lowest BCUT2D eigenvalue weighted by Crippen LogP contribution is -2.03. The molecule has 0 unspecified atom stereocenters. The average Bonchev–Trinajstić information content (AvgIpc) is 2.79. The van der Waals surface area contributed by atoms with Gasteiger partial charge in [-0.3, -0.25) is 25.7 Å². The number of hydrogen-bond donors (Lipinski definition) is 1. The number of aromatic nitrogens is 1. The second-order valence-electron chi connectivity index (χ2n) is 6.90. The van der Waals surface area contributed by atoms with Crippen molar-refractivity contribution in [2.45, 2.75) is 13.5 Å². The molecule has 1 aromatic heterocycles. The highest BCUT2D eigenvalue weighted by Gasteiger charge is 2.21. The molecule has 1 N–H and O–H groups in total. The van der Waals surface area contributed by atoms with E-state index in [1.807, 2.05) is 0 Å². The third-order valence-electron chi connectivity index (χ3n) is 4.46. The monoisotopic (exact) mass is 462 g/mol. The molecule has 0 aliphatic rings. The molecule has 0 amide bonds. The minimum Gasteiger partial charge on any atom is -0.450 e. The fraction of sp³-hybridized carbons (Fsp3) is 0.136. The lowest BCUT2D eigenvalue weighted by atomic mass is 10.1. The summed E-state index contributed by atoms with van der Waals surface area (Å²) in [6.07, 6.45) is 1.46. The molecule has 0 aliphatic carbocycles. The van der Waals surface area contributed by atoms with E-state index < -0.39 is 21.2 Å². The Bertz CT molecular complexity index is 1320. The van der Waals surface area contributed by atoms with E-state index >= 15 is 0 Å². The number of pyridine rings is 1. The number of nitrogens with one attached hydrogen (secondary N) is 1. The Labute approximate surface area is 193 Å². The van der Waals surface area contributed by atoms with Crippen molar-refractivity contribution >= 4 is 23.4 Å². The Balaban J connectivity index is 1.81. The summed E-state index contributed by atoms with van der Waals surface area (Å²) in [5.74, 6) is 0.394. The standard InChI is InChI=1S/C22H18N6O6/c1-14-8-16(13-33-2)19(11-23)22(25-14)26-24-12-15-4-3-5-18(9-15)34-21-7-6-17(27(29)30)10-20(21)28(31)32/h3-10,12H,13H2,1-2H3,(H,25,26)/b24-12+. The molecule has 2 aromatic carbocycles. The number of ether oxygens (including phenoxy) is 2. The number of hydrazone groups is 1. The van der Waals surface area contributed by atoms with E-state index in [-0.39, 0.29) is 23.9 Å². The molecular weight excluding hydrogens is 444 g/mol. The Morgan fingerprint density at radius 1 is 1.18 bits per heavy atom. The summed E-state index contributed by atoms with van der Waals surface area (Å²) in [6, 6.07) is 13.5. The largest absolute Gasteiger partial charge is 0.450 e. The number of aryl methyl sites for hydroxylation is 1. The van der Waals surface area contributed by atoms with Gasteiger partial charge in [0.1, 0.15) is 17.4 Å². The molecule has 34 heavy (non-hydrogen) atoms. The molecule has 172 valence electrons. The topological polar surface area (TPSA) is 166 Å². The first kappa shape index (κ1) is 23.8. The number of nitrogens with zero attached hydrogens (tertiary/aromatic N) is 5. The number of nitro groups is 2. The summed E-state index contributed by atoms with van der Waals surface area (Å²) in [5.41, 5.74) is 4.06. The molecule has 0 saturated carbocycles. The number of nitro benzene ring substituents is 2. The predicted octanol–water partition coefficient (Wildman–Crippen LogP) is 4.46. The highest BCUT2D eigenvalue weighted by Crippen LogP contribution is 2.34. The van der Waals surface area contributed by atoms with Crippen LogP contribution in [0, 0.1) is 38.5 Å². The van der Waals surface area contributed by atoms with Gasteiger partial charge in [-0.05, 0) is 36.8 Å². The summed E-state index contributed by atoms with van der Waals surface area (Å²) in [6.45, 7) is 2.03. The van der Waals surface area contributed by atoms with E-state index in [0.29, 0.717) is 22.4 Å². The Morgan fingerprint density at radius 2 is 1.97 bits per heavy atom. The minimum absolute atomic E-state index is 0.142. The van der Waals surface area contributed by atoms with Crippen LogP contribution in [0.2, 0.25) is 0 Å². The highest BCUT2D eigenvalue weighted by molar-refractivity contribution is 5.81. The maximum Gasteiger partial charge on any atom is 0.318 e. The zero-order valence-corrected chi connectivity index (χ0v) is 18.1. The van der Waals surface area contributed by atoms with Gasteiger partial charge in [-0.15, -0.1) is 0 Å². The molecule has 0 aliphatic heterocycles. The van der Waals surface area contributed by atoms with Crippen molar-refractivity contribution in [3.05, 3.63) is 91.1 Å². The first-order valence-corrected chi connectivity index (χ1v) is 9.71. The molecule has 12 heteroatoms. The Morgan fingerprint density at radius 3 is 2.65 bits per heavy atom. The number of anilines is 1. The predicted molar refractivity (Wildman–Crippen MR) is 122 cm³/mol. The quantitative estimate of drug-likeness (QED) is 0.274. The van der Waals surface area contributed by atoms with Crippen molar-refractivity contribution in [2.24, 2.45) is 5.10 Å². The van der Waals surface area contributed by atoms with E-state index in [0.717, 1.165) is 12.1 Å². The van der Waals surface area contributed by atoms with Gasteiger partial charge in [0.05, 0.1) is 28.7 Å². The van der Waals surface area contributed by atoms with Crippen molar-refractivity contribution in [2.75, 3.05) is 12.5 Å². The zero-order valence-electron chi connectivity index (χ0n) is 18.1. The van der Waals surface area contributed by atoms with Crippen molar-refractivity contribution in [1.82, 2.24) is 4.98 Å². The zero-order chi connectivity index (χ0) is 24.7.